The van der Waals surface area contributed by atoms with Crippen LogP contribution in [0.1, 0.15) is 29.9 Å². The summed E-state index contributed by atoms with van der Waals surface area (Å²) < 4.78 is 19.1. The number of amides is 1. The fourth-order valence-corrected chi connectivity index (χ4v) is 2.64. The Morgan fingerprint density at radius 3 is 2.71 bits per heavy atom. The van der Waals surface area contributed by atoms with Crippen molar-refractivity contribution in [1.82, 2.24) is 4.98 Å². The van der Waals surface area contributed by atoms with Crippen molar-refractivity contribution in [2.45, 2.75) is 26.9 Å². The van der Waals surface area contributed by atoms with Crippen LogP contribution >= 0.6 is 0 Å². The van der Waals surface area contributed by atoms with Gasteiger partial charge in [0.2, 0.25) is 0 Å². The van der Waals surface area contributed by atoms with E-state index in [4.69, 9.17) is 4.74 Å². The molecule has 0 fully saturated rings. The number of rotatable bonds is 4. The van der Waals surface area contributed by atoms with Gasteiger partial charge in [-0.15, -0.1) is 0 Å². The van der Waals surface area contributed by atoms with Crippen molar-refractivity contribution in [2.24, 2.45) is 0 Å². The van der Waals surface area contributed by atoms with Gasteiger partial charge in [0.25, 0.3) is 5.91 Å². The molecule has 2 aromatic carbocycles. The van der Waals surface area contributed by atoms with E-state index in [-0.39, 0.29) is 17.8 Å². The van der Waals surface area contributed by atoms with Crippen molar-refractivity contribution in [2.75, 3.05) is 5.32 Å². The number of nitrogens with one attached hydrogen (secondary N) is 2. The number of aromatic nitrogens is 1. The van der Waals surface area contributed by atoms with Gasteiger partial charge in [0.05, 0.1) is 11.8 Å². The molecule has 2 N–H and O–H groups in total. The molecular weight excluding hydrogens is 307 g/mol. The predicted molar refractivity (Wildman–Crippen MR) is 93.2 cm³/mol. The maximum absolute atomic E-state index is 13.4. The van der Waals surface area contributed by atoms with Gasteiger partial charge in [-0.3, -0.25) is 4.79 Å². The van der Waals surface area contributed by atoms with Crippen molar-refractivity contribution in [3.8, 4) is 5.75 Å². The zero-order chi connectivity index (χ0) is 17.3. The van der Waals surface area contributed by atoms with Crippen LogP contribution < -0.4 is 10.1 Å². The number of aryl methyl sites for hydroxylation is 1. The van der Waals surface area contributed by atoms with E-state index in [0.717, 1.165) is 5.52 Å². The molecule has 0 unspecified atom stereocenters. The van der Waals surface area contributed by atoms with E-state index in [1.54, 1.807) is 19.1 Å². The number of para-hydroxylation sites is 2. The zero-order valence-corrected chi connectivity index (χ0v) is 13.8. The normalized spacial score (nSPS) is 11.0. The van der Waals surface area contributed by atoms with Crippen LogP contribution in [0, 0.1) is 12.7 Å². The highest BCUT2D eigenvalue weighted by molar-refractivity contribution is 6.08. The molecule has 0 aliphatic carbocycles. The van der Waals surface area contributed by atoms with Crippen LogP contribution in [-0.4, -0.2) is 17.0 Å². The van der Waals surface area contributed by atoms with E-state index in [1.165, 1.54) is 12.1 Å². The quantitative estimate of drug-likeness (QED) is 0.733. The second-order valence-corrected chi connectivity index (χ2v) is 5.93. The fraction of sp³-hybridized carbons (Fsp3) is 0.211. The van der Waals surface area contributed by atoms with Crippen LogP contribution in [0.15, 0.2) is 42.5 Å². The number of halogens is 1. The second-order valence-electron chi connectivity index (χ2n) is 5.93. The van der Waals surface area contributed by atoms with Gasteiger partial charge < -0.3 is 15.0 Å². The van der Waals surface area contributed by atoms with Gasteiger partial charge in [0.15, 0.2) is 0 Å². The number of carbonyl (C=O) groups is 1. The predicted octanol–water partition coefficient (Wildman–Crippen LogP) is 4.65. The first kappa shape index (κ1) is 16.1. The Balaban J connectivity index is 1.92. The van der Waals surface area contributed by atoms with E-state index >= 15 is 0 Å². The Morgan fingerprint density at radius 1 is 1.21 bits per heavy atom. The minimum Gasteiger partial charge on any atom is -0.489 e. The number of hydrogen-bond acceptors (Lipinski definition) is 2. The number of carbonyl (C=O) groups excluding carboxylic acids is 1. The van der Waals surface area contributed by atoms with Crippen LogP contribution in [0.25, 0.3) is 10.9 Å². The maximum Gasteiger partial charge on any atom is 0.272 e. The van der Waals surface area contributed by atoms with Crippen molar-refractivity contribution < 1.29 is 13.9 Å². The molecule has 3 aromatic rings. The smallest absolute Gasteiger partial charge is 0.272 e. The SMILES string of the molecule is Cc1c(C(=O)Nc2ccccc2OC(C)C)[nH]c2ccc(F)cc12. The van der Waals surface area contributed by atoms with Crippen LogP contribution in [0.2, 0.25) is 0 Å². The van der Waals surface area contributed by atoms with Crippen molar-refractivity contribution >= 4 is 22.5 Å². The molecule has 24 heavy (non-hydrogen) atoms. The minimum atomic E-state index is -0.327. The Hall–Kier alpha value is -2.82. The number of anilines is 1. The molecule has 1 heterocycles. The molecule has 1 amide bonds. The van der Waals surface area contributed by atoms with Gasteiger partial charge in [-0.2, -0.15) is 0 Å². The van der Waals surface area contributed by atoms with E-state index in [9.17, 15) is 9.18 Å². The van der Waals surface area contributed by atoms with Gasteiger partial charge >= 0.3 is 0 Å². The highest BCUT2D eigenvalue weighted by Gasteiger charge is 2.17. The summed E-state index contributed by atoms with van der Waals surface area (Å²) in [5.41, 5.74) is 2.45. The van der Waals surface area contributed by atoms with E-state index in [0.29, 0.717) is 28.1 Å². The molecule has 0 aliphatic rings. The topological polar surface area (TPSA) is 54.1 Å². The molecule has 0 aliphatic heterocycles. The van der Waals surface area contributed by atoms with Crippen molar-refractivity contribution in [1.29, 1.82) is 0 Å². The summed E-state index contributed by atoms with van der Waals surface area (Å²) in [7, 11) is 0. The fourth-order valence-electron chi connectivity index (χ4n) is 2.64. The lowest BCUT2D eigenvalue weighted by Gasteiger charge is -2.14. The van der Waals surface area contributed by atoms with Crippen LogP contribution in [-0.2, 0) is 0 Å². The average Bonchev–Trinajstić information content (AvgIpc) is 2.85. The number of fused-ring (bicyclic) bond motifs is 1. The number of hydrogen-bond donors (Lipinski definition) is 2. The van der Waals surface area contributed by atoms with Gasteiger partial charge in [-0.25, -0.2) is 4.39 Å². The largest absolute Gasteiger partial charge is 0.489 e. The number of aromatic amines is 1. The van der Waals surface area contributed by atoms with Gasteiger partial charge in [-0.05, 0) is 56.7 Å². The lowest BCUT2D eigenvalue weighted by atomic mass is 10.1. The van der Waals surface area contributed by atoms with Crippen molar-refractivity contribution in [3.63, 3.8) is 0 Å². The molecule has 0 radical (unpaired) electrons. The van der Waals surface area contributed by atoms with Crippen LogP contribution in [0.5, 0.6) is 5.75 Å². The molecule has 0 saturated heterocycles. The van der Waals surface area contributed by atoms with Crippen LogP contribution in [0.3, 0.4) is 0 Å². The van der Waals surface area contributed by atoms with Crippen LogP contribution in [0.4, 0.5) is 10.1 Å². The van der Waals surface area contributed by atoms with Gasteiger partial charge in [-0.1, -0.05) is 12.1 Å². The molecule has 0 atom stereocenters. The summed E-state index contributed by atoms with van der Waals surface area (Å²) in [5.74, 6) is -0.00295. The summed E-state index contributed by atoms with van der Waals surface area (Å²) in [6.45, 7) is 5.65. The molecular formula is C19H19FN2O2. The Bertz CT molecular complexity index is 900. The highest BCUT2D eigenvalue weighted by atomic mass is 19.1. The Kier molecular flexibility index (Phi) is 4.25. The number of ether oxygens (including phenoxy) is 1. The van der Waals surface area contributed by atoms with E-state index < -0.39 is 0 Å². The number of benzene rings is 2. The third kappa shape index (κ3) is 3.11. The first-order chi connectivity index (χ1) is 11.5. The van der Waals surface area contributed by atoms with E-state index in [1.807, 2.05) is 32.0 Å². The third-order valence-corrected chi connectivity index (χ3v) is 3.75. The average molecular weight is 326 g/mol. The van der Waals surface area contributed by atoms with Crippen molar-refractivity contribution in [3.05, 3.63) is 59.5 Å². The Labute approximate surface area is 139 Å². The molecule has 5 heteroatoms. The zero-order valence-electron chi connectivity index (χ0n) is 13.8. The first-order valence-corrected chi connectivity index (χ1v) is 7.80. The standard InChI is InChI=1S/C19H19FN2O2/c1-11(2)24-17-7-5-4-6-16(17)22-19(23)18-12(3)14-10-13(20)8-9-15(14)21-18/h4-11,21H,1-3H3,(H,22,23). The molecule has 0 bridgehead atoms. The third-order valence-electron chi connectivity index (χ3n) is 3.75. The molecule has 1 aromatic heterocycles. The van der Waals surface area contributed by atoms with E-state index in [2.05, 4.69) is 10.3 Å². The molecule has 4 nitrogen and oxygen atoms in total. The summed E-state index contributed by atoms with van der Waals surface area (Å²) in [5, 5.41) is 3.56. The Morgan fingerprint density at radius 2 is 1.96 bits per heavy atom. The molecule has 0 saturated carbocycles. The summed E-state index contributed by atoms with van der Waals surface area (Å²) in [4.78, 5) is 15.7. The molecule has 0 spiro atoms. The summed E-state index contributed by atoms with van der Waals surface area (Å²) in [6, 6.07) is 11.7. The monoisotopic (exact) mass is 326 g/mol. The summed E-state index contributed by atoms with van der Waals surface area (Å²) >= 11 is 0. The number of H-pyrrole nitrogens is 1. The second kappa shape index (κ2) is 6.35. The summed E-state index contributed by atoms with van der Waals surface area (Å²) in [6.07, 6.45) is 0.000777. The lowest BCUT2D eigenvalue weighted by Crippen LogP contribution is -2.15. The minimum absolute atomic E-state index is 0.000777. The first-order valence-electron chi connectivity index (χ1n) is 7.80. The maximum atomic E-state index is 13.4. The highest BCUT2D eigenvalue weighted by Crippen LogP contribution is 2.27. The van der Waals surface area contributed by atoms with Gasteiger partial charge in [0, 0.05) is 10.9 Å². The lowest BCUT2D eigenvalue weighted by molar-refractivity contribution is 0.102. The molecule has 124 valence electrons. The van der Waals surface area contributed by atoms with Gasteiger partial charge in [0.1, 0.15) is 17.3 Å². The molecule has 3 rings (SSSR count).